The van der Waals surface area contributed by atoms with Gasteiger partial charge < -0.3 is 14.8 Å². The highest BCUT2D eigenvalue weighted by Crippen LogP contribution is 2.32. The summed E-state index contributed by atoms with van der Waals surface area (Å²) in [6, 6.07) is 24.6. The summed E-state index contributed by atoms with van der Waals surface area (Å²) in [5.41, 5.74) is 5.35. The van der Waals surface area contributed by atoms with Crippen LogP contribution in [0.15, 0.2) is 72.8 Å². The highest BCUT2D eigenvalue weighted by Gasteiger charge is 2.21. The number of carbonyl (C=O) groups excluding carboxylic acids is 1. The summed E-state index contributed by atoms with van der Waals surface area (Å²) >= 11 is 6.53. The van der Waals surface area contributed by atoms with Gasteiger partial charge in [-0.05, 0) is 86.8 Å². The third kappa shape index (κ3) is 5.42. The lowest BCUT2D eigenvalue weighted by atomic mass is 9.89. The molecule has 3 aromatic carbocycles. The third-order valence-electron chi connectivity index (χ3n) is 6.89. The summed E-state index contributed by atoms with van der Waals surface area (Å²) in [7, 11) is 0. The van der Waals surface area contributed by atoms with E-state index in [-0.39, 0.29) is 5.91 Å². The Morgan fingerprint density at radius 1 is 1.00 bits per heavy atom. The summed E-state index contributed by atoms with van der Waals surface area (Å²) in [6.45, 7) is 5.70. The number of benzene rings is 3. The maximum atomic E-state index is 11.4. The average Bonchev–Trinajstić information content (AvgIpc) is 3.23. The molecule has 1 fully saturated rings. The predicted octanol–water partition coefficient (Wildman–Crippen LogP) is 6.58. The van der Waals surface area contributed by atoms with E-state index in [4.69, 9.17) is 16.6 Å². The minimum absolute atomic E-state index is 0.0275. The zero-order valence-corrected chi connectivity index (χ0v) is 20.8. The zero-order valence-electron chi connectivity index (χ0n) is 20.1. The van der Waals surface area contributed by atoms with Crippen molar-refractivity contribution in [1.82, 2.24) is 14.5 Å². The van der Waals surface area contributed by atoms with Gasteiger partial charge in [0.1, 0.15) is 5.82 Å². The molecule has 2 heterocycles. The van der Waals surface area contributed by atoms with E-state index in [1.54, 1.807) is 6.92 Å². The van der Waals surface area contributed by atoms with Crippen LogP contribution >= 0.6 is 11.6 Å². The Morgan fingerprint density at radius 2 is 1.77 bits per heavy atom. The fourth-order valence-corrected chi connectivity index (χ4v) is 5.39. The molecule has 6 heteroatoms. The fraction of sp³-hybridized carbons (Fsp3) is 0.310. The number of aryl methyl sites for hydroxylation is 1. The largest absolute Gasteiger partial charge is 0.326 e. The molecule has 1 aliphatic rings. The maximum Gasteiger partial charge on any atom is 0.221 e. The number of piperidine rings is 1. The van der Waals surface area contributed by atoms with E-state index in [1.165, 1.54) is 5.56 Å². The van der Waals surface area contributed by atoms with Crippen molar-refractivity contribution in [3.8, 4) is 11.4 Å². The first-order valence-electron chi connectivity index (χ1n) is 12.4. The normalized spacial score (nSPS) is 14.9. The van der Waals surface area contributed by atoms with Crippen molar-refractivity contribution in [2.45, 2.75) is 38.6 Å². The molecule has 0 unspecified atom stereocenters. The van der Waals surface area contributed by atoms with Gasteiger partial charge >= 0.3 is 0 Å². The third-order valence-corrected chi connectivity index (χ3v) is 7.22. The lowest BCUT2D eigenvalue weighted by Gasteiger charge is -2.32. The number of nitrogens with one attached hydrogen (secondary N) is 1. The van der Waals surface area contributed by atoms with Crippen molar-refractivity contribution in [2.24, 2.45) is 0 Å². The second kappa shape index (κ2) is 10.6. The molecule has 0 saturated carbocycles. The highest BCUT2D eigenvalue weighted by molar-refractivity contribution is 6.33. The molecule has 1 N–H and O–H groups in total. The number of carbonyl (C=O) groups is 1. The molecule has 5 rings (SSSR count). The van der Waals surface area contributed by atoms with Crippen LogP contribution in [0.3, 0.4) is 0 Å². The minimum Gasteiger partial charge on any atom is -0.326 e. The van der Waals surface area contributed by atoms with Crippen molar-refractivity contribution >= 4 is 34.2 Å². The Bertz CT molecular complexity index is 1320. The van der Waals surface area contributed by atoms with Gasteiger partial charge in [0.05, 0.1) is 16.1 Å². The Morgan fingerprint density at radius 3 is 2.57 bits per heavy atom. The van der Waals surface area contributed by atoms with Crippen LogP contribution in [0.4, 0.5) is 5.69 Å². The molecule has 35 heavy (non-hydrogen) atoms. The van der Waals surface area contributed by atoms with E-state index in [0.29, 0.717) is 5.92 Å². The summed E-state index contributed by atoms with van der Waals surface area (Å²) in [5, 5.41) is 3.63. The lowest BCUT2D eigenvalue weighted by molar-refractivity contribution is -0.114. The number of para-hydroxylation sites is 2. The van der Waals surface area contributed by atoms with Crippen LogP contribution in [-0.2, 0) is 11.3 Å². The molecule has 1 saturated heterocycles. The number of fused-ring (bicyclic) bond motifs is 1. The Balaban J connectivity index is 1.22. The monoisotopic (exact) mass is 486 g/mol. The van der Waals surface area contributed by atoms with Gasteiger partial charge in [-0.25, -0.2) is 4.98 Å². The number of imidazole rings is 1. The smallest absolute Gasteiger partial charge is 0.221 e. The minimum atomic E-state index is -0.0275. The van der Waals surface area contributed by atoms with Gasteiger partial charge in [0.2, 0.25) is 5.91 Å². The molecule has 1 amide bonds. The summed E-state index contributed by atoms with van der Waals surface area (Å²) in [4.78, 5) is 18.9. The molecule has 1 aliphatic heterocycles. The lowest BCUT2D eigenvalue weighted by Crippen LogP contribution is -2.34. The molecule has 0 radical (unpaired) electrons. The fourth-order valence-electron chi connectivity index (χ4n) is 5.17. The van der Waals surface area contributed by atoms with Crippen molar-refractivity contribution in [2.75, 3.05) is 25.0 Å². The highest BCUT2D eigenvalue weighted by atomic mass is 35.5. The second-order valence-electron chi connectivity index (χ2n) is 9.33. The number of nitrogens with zero attached hydrogens (tertiary/aromatic N) is 3. The first-order valence-corrected chi connectivity index (χ1v) is 12.8. The first-order chi connectivity index (χ1) is 17.1. The van der Waals surface area contributed by atoms with E-state index >= 15 is 0 Å². The molecular weight excluding hydrogens is 456 g/mol. The molecule has 180 valence electrons. The number of rotatable bonds is 7. The van der Waals surface area contributed by atoms with Crippen molar-refractivity contribution in [1.29, 1.82) is 0 Å². The van der Waals surface area contributed by atoms with Crippen molar-refractivity contribution in [3.05, 3.63) is 83.4 Å². The van der Waals surface area contributed by atoms with Gasteiger partial charge in [0, 0.05) is 24.7 Å². The zero-order chi connectivity index (χ0) is 24.2. The van der Waals surface area contributed by atoms with Crippen LogP contribution in [0.25, 0.3) is 22.4 Å². The van der Waals surface area contributed by atoms with E-state index in [9.17, 15) is 4.79 Å². The SMILES string of the molecule is CC(=O)Nc1cccc(C2CCN(CCCn3c(-c4ccccc4Cl)nc4ccccc43)CC2)c1. The maximum absolute atomic E-state index is 11.4. The molecule has 4 aromatic rings. The second-order valence-corrected chi connectivity index (χ2v) is 9.74. The molecule has 0 aliphatic carbocycles. The van der Waals surface area contributed by atoms with Gasteiger partial charge in [-0.15, -0.1) is 0 Å². The molecule has 5 nitrogen and oxygen atoms in total. The van der Waals surface area contributed by atoms with Crippen molar-refractivity contribution < 1.29 is 4.79 Å². The van der Waals surface area contributed by atoms with Crippen LogP contribution in [0, 0.1) is 0 Å². The number of halogens is 1. The van der Waals surface area contributed by atoms with Gasteiger partial charge in [-0.1, -0.05) is 48.0 Å². The molecule has 0 atom stereocenters. The van der Waals surface area contributed by atoms with Crippen molar-refractivity contribution in [3.63, 3.8) is 0 Å². The van der Waals surface area contributed by atoms with Gasteiger partial charge in [0.25, 0.3) is 0 Å². The standard InChI is InChI=1S/C29H31ClN4O/c1-21(35)31-24-9-6-8-23(20-24)22-14-18-33(19-15-22)16-7-17-34-28-13-5-4-12-27(28)32-29(34)25-10-2-3-11-26(25)30/h2-6,8-13,20,22H,7,14-19H2,1H3,(H,31,35). The van der Waals surface area contributed by atoms with Crippen LogP contribution in [0.5, 0.6) is 0 Å². The van der Waals surface area contributed by atoms with Crippen LogP contribution < -0.4 is 5.32 Å². The number of anilines is 1. The molecular formula is C29H31ClN4O. The summed E-state index contributed by atoms with van der Waals surface area (Å²) in [5.74, 6) is 1.46. The quantitative estimate of drug-likeness (QED) is 0.321. The summed E-state index contributed by atoms with van der Waals surface area (Å²) < 4.78 is 2.32. The van der Waals surface area contributed by atoms with E-state index in [1.807, 2.05) is 42.5 Å². The van der Waals surface area contributed by atoms with Gasteiger partial charge in [-0.3, -0.25) is 4.79 Å². The van der Waals surface area contributed by atoms with Crippen LogP contribution in [-0.4, -0.2) is 40.0 Å². The number of amides is 1. The number of likely N-dealkylation sites (tertiary alicyclic amines) is 1. The van der Waals surface area contributed by atoms with E-state index < -0.39 is 0 Å². The van der Waals surface area contributed by atoms with Crippen LogP contribution in [0.2, 0.25) is 5.02 Å². The Labute approximate surface area is 211 Å². The number of hydrogen-bond acceptors (Lipinski definition) is 3. The summed E-state index contributed by atoms with van der Waals surface area (Å²) in [6.07, 6.45) is 3.34. The van der Waals surface area contributed by atoms with E-state index in [0.717, 1.165) is 78.6 Å². The Kier molecular flexibility index (Phi) is 7.16. The topological polar surface area (TPSA) is 50.2 Å². The number of hydrogen-bond donors (Lipinski definition) is 1. The van der Waals surface area contributed by atoms with Crippen LogP contribution in [0.1, 0.15) is 37.7 Å². The molecule has 0 bridgehead atoms. The van der Waals surface area contributed by atoms with Gasteiger partial charge in [0.15, 0.2) is 0 Å². The van der Waals surface area contributed by atoms with E-state index in [2.05, 4.69) is 45.1 Å². The van der Waals surface area contributed by atoms with Gasteiger partial charge in [-0.2, -0.15) is 0 Å². The predicted molar refractivity (Wildman–Crippen MR) is 144 cm³/mol. The average molecular weight is 487 g/mol. The first kappa shape index (κ1) is 23.6. The molecule has 1 aromatic heterocycles. The number of aromatic nitrogens is 2. The molecule has 0 spiro atoms. The Hall–Kier alpha value is -3.15.